The van der Waals surface area contributed by atoms with Crippen molar-refractivity contribution in [2.24, 2.45) is 0 Å². The molecule has 5 aromatic rings. The van der Waals surface area contributed by atoms with Crippen molar-refractivity contribution >= 4 is 44.9 Å². The van der Waals surface area contributed by atoms with Crippen LogP contribution in [0.3, 0.4) is 0 Å². The molecule has 0 aliphatic carbocycles. The summed E-state index contributed by atoms with van der Waals surface area (Å²) in [5.74, 6) is 1.95. The van der Waals surface area contributed by atoms with Gasteiger partial charge in [-0.05, 0) is 85.7 Å². The van der Waals surface area contributed by atoms with E-state index in [0.29, 0.717) is 0 Å². The molecule has 0 spiro atoms. The van der Waals surface area contributed by atoms with Crippen LogP contribution in [0.4, 0.5) is 0 Å². The maximum atomic E-state index is 6.64. The minimum absolute atomic E-state index is 0.0296. The van der Waals surface area contributed by atoms with E-state index in [4.69, 9.17) is 4.74 Å². The molecule has 2 nitrogen and oxygen atoms in total. The van der Waals surface area contributed by atoms with Crippen LogP contribution in [0.5, 0.6) is 11.5 Å². The van der Waals surface area contributed by atoms with Gasteiger partial charge in [0.15, 0.2) is 0 Å². The molecule has 0 atom stereocenters. The van der Waals surface area contributed by atoms with Gasteiger partial charge in [-0.3, -0.25) is 0 Å². The van der Waals surface area contributed by atoms with Gasteiger partial charge in [0.1, 0.15) is 11.5 Å². The first-order valence-electron chi connectivity index (χ1n) is 14.3. The van der Waals surface area contributed by atoms with Crippen LogP contribution in [-0.2, 0) is 16.2 Å². The second-order valence-electron chi connectivity index (χ2n) is 14.8. The Labute approximate surface area is 233 Å². The molecule has 0 bridgehead atoms. The minimum atomic E-state index is 0.0296. The molecule has 0 saturated heterocycles. The average Bonchev–Trinajstić information content (AvgIpc) is 3.18. The molecule has 196 valence electrons. The Balaban J connectivity index is 1.66. The summed E-state index contributed by atoms with van der Waals surface area (Å²) in [6.07, 6.45) is 0. The number of nitrogens with zero attached hydrogens (tertiary/aromatic N) is 1. The molecule has 4 aromatic carbocycles. The first-order valence-corrected chi connectivity index (χ1v) is 14.3. The molecule has 0 radical (unpaired) electrons. The molecular weight excluding hydrogens is 473 g/mol. The fourth-order valence-corrected chi connectivity index (χ4v) is 6.59. The fourth-order valence-electron chi connectivity index (χ4n) is 6.59. The monoisotopic (exact) mass is 511 g/mol. The molecule has 39 heavy (non-hydrogen) atoms. The Bertz CT molecular complexity index is 1840. The molecule has 2 aliphatic rings. The third-order valence-corrected chi connectivity index (χ3v) is 8.91. The summed E-state index contributed by atoms with van der Waals surface area (Å²) in [5.41, 5.74) is 12.1. The Morgan fingerprint density at radius 3 is 1.90 bits per heavy atom. The number of ether oxygens (including phenoxy) is 1. The van der Waals surface area contributed by atoms with Crippen molar-refractivity contribution in [3.8, 4) is 17.2 Å². The topological polar surface area (TPSA) is 14.2 Å². The van der Waals surface area contributed by atoms with Crippen LogP contribution in [-0.4, -0.2) is 11.3 Å². The fraction of sp³-hybridized carbons (Fsp3) is 0.333. The molecule has 3 heteroatoms. The highest BCUT2D eigenvalue weighted by atomic mass is 16.5. The number of benzene rings is 4. The van der Waals surface area contributed by atoms with Crippen LogP contribution in [0.25, 0.3) is 27.5 Å². The second-order valence-corrected chi connectivity index (χ2v) is 14.8. The SMILES string of the molecule is CC(C)(C)c1ccc2c(c1)B1c3c(cccc3-n3c4ccc(C(C)(C)C)cc4c4cc(C(C)(C)C)cc1c43)O2. The van der Waals surface area contributed by atoms with Gasteiger partial charge in [-0.15, -0.1) is 0 Å². The molecule has 0 N–H and O–H groups in total. The van der Waals surface area contributed by atoms with Crippen molar-refractivity contribution in [1.29, 1.82) is 0 Å². The lowest BCUT2D eigenvalue weighted by Crippen LogP contribution is -2.58. The average molecular weight is 512 g/mol. The molecule has 0 amide bonds. The summed E-state index contributed by atoms with van der Waals surface area (Å²) < 4.78 is 9.15. The minimum Gasteiger partial charge on any atom is -0.458 e. The largest absolute Gasteiger partial charge is 0.458 e. The van der Waals surface area contributed by atoms with Crippen molar-refractivity contribution < 1.29 is 4.74 Å². The molecule has 1 aromatic heterocycles. The van der Waals surface area contributed by atoms with Gasteiger partial charge < -0.3 is 9.30 Å². The van der Waals surface area contributed by atoms with Crippen LogP contribution in [0, 0.1) is 0 Å². The second kappa shape index (κ2) is 7.59. The highest BCUT2D eigenvalue weighted by Gasteiger charge is 2.41. The highest BCUT2D eigenvalue weighted by molar-refractivity contribution is 6.99. The van der Waals surface area contributed by atoms with E-state index in [1.807, 2.05) is 0 Å². The van der Waals surface area contributed by atoms with Crippen molar-refractivity contribution in [3.05, 3.63) is 83.4 Å². The smallest absolute Gasteiger partial charge is 0.256 e. The van der Waals surface area contributed by atoms with E-state index in [1.165, 1.54) is 60.6 Å². The molecule has 3 heterocycles. The zero-order valence-corrected chi connectivity index (χ0v) is 24.8. The van der Waals surface area contributed by atoms with E-state index >= 15 is 0 Å². The normalized spacial score (nSPS) is 14.4. The number of rotatable bonds is 0. The Morgan fingerprint density at radius 1 is 0.590 bits per heavy atom. The van der Waals surface area contributed by atoms with Crippen molar-refractivity contribution in [1.82, 2.24) is 4.57 Å². The van der Waals surface area contributed by atoms with Gasteiger partial charge in [-0.25, -0.2) is 0 Å². The summed E-state index contributed by atoms with van der Waals surface area (Å²) in [4.78, 5) is 0. The summed E-state index contributed by atoms with van der Waals surface area (Å²) in [7, 11) is 0. The lowest BCUT2D eigenvalue weighted by Gasteiger charge is -2.35. The van der Waals surface area contributed by atoms with E-state index < -0.39 is 0 Å². The zero-order chi connectivity index (χ0) is 27.6. The van der Waals surface area contributed by atoms with Gasteiger partial charge in [0.25, 0.3) is 6.71 Å². The number of aromatic nitrogens is 1. The maximum Gasteiger partial charge on any atom is 0.256 e. The predicted octanol–water partition coefficient (Wildman–Crippen LogP) is 7.61. The third kappa shape index (κ3) is 3.48. The zero-order valence-electron chi connectivity index (χ0n) is 24.8. The lowest BCUT2D eigenvalue weighted by molar-refractivity contribution is 0.486. The Hall–Kier alpha value is -3.46. The number of hydrogen-bond acceptors (Lipinski definition) is 1. The van der Waals surface area contributed by atoms with Gasteiger partial charge >= 0.3 is 0 Å². The van der Waals surface area contributed by atoms with Crippen molar-refractivity contribution in [2.75, 3.05) is 0 Å². The highest BCUT2D eigenvalue weighted by Crippen LogP contribution is 2.40. The van der Waals surface area contributed by atoms with Gasteiger partial charge in [-0.2, -0.15) is 0 Å². The summed E-state index contributed by atoms with van der Waals surface area (Å²) in [5, 5.41) is 2.69. The van der Waals surface area contributed by atoms with E-state index in [9.17, 15) is 0 Å². The summed E-state index contributed by atoms with van der Waals surface area (Å²) >= 11 is 0. The van der Waals surface area contributed by atoms with Gasteiger partial charge in [0, 0.05) is 22.0 Å². The molecule has 2 aliphatic heterocycles. The third-order valence-electron chi connectivity index (χ3n) is 8.91. The standard InChI is InChI=1S/C36H38BNO/c1-34(2,3)21-13-15-28-24(17-21)25-18-23(36(7,8)9)20-27-33(25)38(28)29-11-10-12-31-32(29)37(27)26-19-22(35(4,5)6)14-16-30(26)39-31/h10-20H,1-9H3. The van der Waals surface area contributed by atoms with E-state index in [1.54, 1.807) is 0 Å². The Morgan fingerprint density at radius 2 is 1.21 bits per heavy atom. The summed E-state index contributed by atoms with van der Waals surface area (Å²) in [6.45, 7) is 20.9. The molecule has 7 rings (SSSR count). The lowest BCUT2D eigenvalue weighted by atomic mass is 9.34. The molecular formula is C36H38BNO. The van der Waals surface area contributed by atoms with Crippen LogP contribution in [0.15, 0.2) is 66.7 Å². The number of hydrogen-bond donors (Lipinski definition) is 0. The predicted molar refractivity (Wildman–Crippen MR) is 168 cm³/mol. The van der Waals surface area contributed by atoms with Crippen LogP contribution < -0.4 is 21.1 Å². The van der Waals surface area contributed by atoms with E-state index in [2.05, 4.69) is 134 Å². The number of fused-ring (bicyclic) bond motifs is 7. The van der Waals surface area contributed by atoms with Gasteiger partial charge in [-0.1, -0.05) is 92.6 Å². The molecule has 0 fully saturated rings. The van der Waals surface area contributed by atoms with Crippen LogP contribution in [0.2, 0.25) is 0 Å². The first-order chi connectivity index (χ1) is 18.2. The molecule has 0 unspecified atom stereocenters. The quantitative estimate of drug-likeness (QED) is 0.191. The van der Waals surface area contributed by atoms with Crippen molar-refractivity contribution in [2.45, 2.75) is 78.6 Å². The van der Waals surface area contributed by atoms with E-state index in [-0.39, 0.29) is 23.0 Å². The van der Waals surface area contributed by atoms with Gasteiger partial charge in [0.2, 0.25) is 0 Å². The van der Waals surface area contributed by atoms with Crippen LogP contribution >= 0.6 is 0 Å². The maximum absolute atomic E-state index is 6.64. The Kier molecular flexibility index (Phi) is 4.79. The molecule has 0 saturated carbocycles. The summed E-state index contributed by atoms with van der Waals surface area (Å²) in [6, 6.07) is 25.5. The van der Waals surface area contributed by atoms with Crippen molar-refractivity contribution in [3.63, 3.8) is 0 Å². The van der Waals surface area contributed by atoms with Crippen LogP contribution in [0.1, 0.15) is 79.0 Å². The van der Waals surface area contributed by atoms with E-state index in [0.717, 1.165) is 11.5 Å². The first kappa shape index (κ1) is 24.6. The van der Waals surface area contributed by atoms with Gasteiger partial charge in [0.05, 0.1) is 5.52 Å².